The third-order valence-corrected chi connectivity index (χ3v) is 3.26. The van der Waals surface area contributed by atoms with Gasteiger partial charge >= 0.3 is 0 Å². The van der Waals surface area contributed by atoms with Crippen molar-refractivity contribution in [1.82, 2.24) is 0 Å². The standard InChI is InChI=1S/C11H15BrClN/c1-2-3-4-7-14-9-5-6-10(12)11(13)8-9/h5-6,8,14H,2-4,7H2,1H3. The number of hydrogen-bond acceptors (Lipinski definition) is 1. The zero-order valence-corrected chi connectivity index (χ0v) is 10.7. The summed E-state index contributed by atoms with van der Waals surface area (Å²) in [5.74, 6) is 0. The Balaban J connectivity index is 2.39. The number of benzene rings is 1. The summed E-state index contributed by atoms with van der Waals surface area (Å²) in [6, 6.07) is 5.93. The van der Waals surface area contributed by atoms with Gasteiger partial charge in [-0.25, -0.2) is 0 Å². The maximum absolute atomic E-state index is 5.97. The van der Waals surface area contributed by atoms with Gasteiger partial charge in [-0.15, -0.1) is 0 Å². The SMILES string of the molecule is CCCCCNc1ccc(Br)c(Cl)c1. The summed E-state index contributed by atoms with van der Waals surface area (Å²) >= 11 is 9.33. The molecule has 78 valence electrons. The second kappa shape index (κ2) is 6.31. The van der Waals surface area contributed by atoms with Gasteiger partial charge in [0.2, 0.25) is 0 Å². The molecular weight excluding hydrogens is 261 g/mol. The van der Waals surface area contributed by atoms with Crippen LogP contribution in [0.4, 0.5) is 5.69 Å². The van der Waals surface area contributed by atoms with Crippen LogP contribution < -0.4 is 5.32 Å². The van der Waals surface area contributed by atoms with Gasteiger partial charge in [-0.1, -0.05) is 31.4 Å². The van der Waals surface area contributed by atoms with Crippen molar-refractivity contribution in [1.29, 1.82) is 0 Å². The van der Waals surface area contributed by atoms with E-state index < -0.39 is 0 Å². The maximum atomic E-state index is 5.97. The molecule has 0 radical (unpaired) electrons. The Morgan fingerprint density at radius 3 is 2.79 bits per heavy atom. The molecule has 0 unspecified atom stereocenters. The molecular formula is C11H15BrClN. The van der Waals surface area contributed by atoms with E-state index in [0.29, 0.717) is 0 Å². The Kier molecular flexibility index (Phi) is 5.34. The zero-order valence-electron chi connectivity index (χ0n) is 8.32. The van der Waals surface area contributed by atoms with E-state index in [1.165, 1.54) is 19.3 Å². The number of rotatable bonds is 5. The van der Waals surface area contributed by atoms with Gasteiger partial charge in [0, 0.05) is 16.7 Å². The number of unbranched alkanes of at least 4 members (excludes halogenated alkanes) is 2. The molecule has 1 N–H and O–H groups in total. The first-order chi connectivity index (χ1) is 6.74. The first-order valence-corrected chi connectivity index (χ1v) is 6.10. The third kappa shape index (κ3) is 3.89. The van der Waals surface area contributed by atoms with Crippen molar-refractivity contribution < 1.29 is 0 Å². The van der Waals surface area contributed by atoms with Crippen LogP contribution in [0, 0.1) is 0 Å². The number of hydrogen-bond donors (Lipinski definition) is 1. The molecule has 1 rings (SSSR count). The van der Waals surface area contributed by atoms with E-state index in [2.05, 4.69) is 28.2 Å². The summed E-state index contributed by atoms with van der Waals surface area (Å²) in [6.07, 6.45) is 3.74. The van der Waals surface area contributed by atoms with Crippen molar-refractivity contribution in [3.05, 3.63) is 27.7 Å². The Bertz CT molecular complexity index is 289. The minimum absolute atomic E-state index is 0.755. The fraction of sp³-hybridized carbons (Fsp3) is 0.455. The van der Waals surface area contributed by atoms with Crippen LogP contribution in [0.25, 0.3) is 0 Å². The predicted molar refractivity (Wildman–Crippen MR) is 67.2 cm³/mol. The number of anilines is 1. The monoisotopic (exact) mass is 275 g/mol. The fourth-order valence-electron chi connectivity index (χ4n) is 1.21. The fourth-order valence-corrected chi connectivity index (χ4v) is 1.64. The number of nitrogens with one attached hydrogen (secondary N) is 1. The summed E-state index contributed by atoms with van der Waals surface area (Å²) in [5, 5.41) is 4.10. The lowest BCUT2D eigenvalue weighted by Gasteiger charge is -2.06. The van der Waals surface area contributed by atoms with E-state index >= 15 is 0 Å². The predicted octanol–water partition coefficient (Wildman–Crippen LogP) is 4.70. The van der Waals surface area contributed by atoms with Crippen LogP contribution >= 0.6 is 27.5 Å². The Labute approximate surface area is 99.0 Å². The molecule has 0 bridgehead atoms. The molecule has 1 aromatic carbocycles. The molecule has 0 heterocycles. The van der Waals surface area contributed by atoms with Crippen LogP contribution in [0.3, 0.4) is 0 Å². The van der Waals surface area contributed by atoms with Crippen molar-refractivity contribution in [3.8, 4) is 0 Å². The molecule has 0 aliphatic rings. The minimum atomic E-state index is 0.755. The minimum Gasteiger partial charge on any atom is -0.385 e. The number of halogens is 2. The zero-order chi connectivity index (χ0) is 10.4. The lowest BCUT2D eigenvalue weighted by molar-refractivity contribution is 0.744. The second-order valence-electron chi connectivity index (χ2n) is 3.26. The van der Waals surface area contributed by atoms with Crippen LogP contribution in [0.2, 0.25) is 5.02 Å². The normalized spacial score (nSPS) is 10.2. The average Bonchev–Trinajstić information content (AvgIpc) is 2.18. The summed E-state index contributed by atoms with van der Waals surface area (Å²) in [5.41, 5.74) is 1.09. The Morgan fingerprint density at radius 1 is 1.36 bits per heavy atom. The highest BCUT2D eigenvalue weighted by Crippen LogP contribution is 2.25. The van der Waals surface area contributed by atoms with Gasteiger partial charge in [-0.05, 0) is 40.5 Å². The molecule has 1 nitrogen and oxygen atoms in total. The van der Waals surface area contributed by atoms with E-state index in [9.17, 15) is 0 Å². The third-order valence-electron chi connectivity index (χ3n) is 2.03. The molecule has 0 atom stereocenters. The maximum Gasteiger partial charge on any atom is 0.0568 e. The quantitative estimate of drug-likeness (QED) is 0.768. The molecule has 0 fully saturated rings. The highest BCUT2D eigenvalue weighted by Gasteiger charge is 1.97. The lowest BCUT2D eigenvalue weighted by atomic mass is 10.2. The van der Waals surface area contributed by atoms with Crippen molar-refractivity contribution >= 4 is 33.2 Å². The summed E-state index contributed by atoms with van der Waals surface area (Å²) in [4.78, 5) is 0. The van der Waals surface area contributed by atoms with Gasteiger partial charge in [0.15, 0.2) is 0 Å². The Morgan fingerprint density at radius 2 is 2.14 bits per heavy atom. The lowest BCUT2D eigenvalue weighted by Crippen LogP contribution is -2.00. The summed E-state index contributed by atoms with van der Waals surface area (Å²) in [6.45, 7) is 3.22. The van der Waals surface area contributed by atoms with Gasteiger partial charge < -0.3 is 5.32 Å². The molecule has 0 saturated heterocycles. The molecule has 1 aromatic rings. The van der Waals surface area contributed by atoms with Crippen LogP contribution in [0.15, 0.2) is 22.7 Å². The van der Waals surface area contributed by atoms with Crippen molar-refractivity contribution in [2.24, 2.45) is 0 Å². The summed E-state index contributed by atoms with van der Waals surface area (Å²) < 4.78 is 0.943. The van der Waals surface area contributed by atoms with Crippen LogP contribution in [-0.2, 0) is 0 Å². The van der Waals surface area contributed by atoms with Crippen molar-refractivity contribution in [3.63, 3.8) is 0 Å². The highest BCUT2D eigenvalue weighted by atomic mass is 79.9. The van der Waals surface area contributed by atoms with Crippen molar-refractivity contribution in [2.75, 3.05) is 11.9 Å². The first-order valence-electron chi connectivity index (χ1n) is 4.93. The van der Waals surface area contributed by atoms with E-state index in [-0.39, 0.29) is 0 Å². The summed E-state index contributed by atoms with van der Waals surface area (Å²) in [7, 11) is 0. The molecule has 14 heavy (non-hydrogen) atoms. The molecule has 0 saturated carbocycles. The topological polar surface area (TPSA) is 12.0 Å². The molecule has 3 heteroatoms. The van der Waals surface area contributed by atoms with Gasteiger partial charge in [0.25, 0.3) is 0 Å². The van der Waals surface area contributed by atoms with Crippen molar-refractivity contribution in [2.45, 2.75) is 26.2 Å². The van der Waals surface area contributed by atoms with E-state index in [4.69, 9.17) is 11.6 Å². The van der Waals surface area contributed by atoms with E-state index in [0.717, 1.165) is 21.7 Å². The molecule has 0 aliphatic carbocycles. The molecule has 0 amide bonds. The molecule has 0 aliphatic heterocycles. The van der Waals surface area contributed by atoms with E-state index in [1.807, 2.05) is 18.2 Å². The van der Waals surface area contributed by atoms with Crippen LogP contribution in [-0.4, -0.2) is 6.54 Å². The van der Waals surface area contributed by atoms with E-state index in [1.54, 1.807) is 0 Å². The second-order valence-corrected chi connectivity index (χ2v) is 4.52. The highest BCUT2D eigenvalue weighted by molar-refractivity contribution is 9.10. The van der Waals surface area contributed by atoms with Gasteiger partial charge in [0.1, 0.15) is 0 Å². The van der Waals surface area contributed by atoms with Gasteiger partial charge in [0.05, 0.1) is 5.02 Å². The first kappa shape index (κ1) is 11.9. The van der Waals surface area contributed by atoms with Crippen LogP contribution in [0.1, 0.15) is 26.2 Å². The average molecular weight is 277 g/mol. The van der Waals surface area contributed by atoms with Crippen LogP contribution in [0.5, 0.6) is 0 Å². The smallest absolute Gasteiger partial charge is 0.0568 e. The van der Waals surface area contributed by atoms with Gasteiger partial charge in [-0.2, -0.15) is 0 Å². The Hall–Kier alpha value is -0.210. The molecule has 0 aromatic heterocycles. The van der Waals surface area contributed by atoms with Gasteiger partial charge in [-0.3, -0.25) is 0 Å². The molecule has 0 spiro atoms. The largest absolute Gasteiger partial charge is 0.385 e.